The summed E-state index contributed by atoms with van der Waals surface area (Å²) in [6.45, 7) is 5.82. The number of ether oxygens (including phenoxy) is 1. The van der Waals surface area contributed by atoms with Crippen molar-refractivity contribution in [1.29, 1.82) is 0 Å². The lowest BCUT2D eigenvalue weighted by Crippen LogP contribution is -2.42. The minimum atomic E-state index is -1.16. The zero-order valence-corrected chi connectivity index (χ0v) is 21.2. The molecule has 3 heterocycles. The standard InChI is InChI=1S/C25H32FN5O4S/c1-25(2,34)15-3-4-17(19(26)11-15)20-12-18(23(27)33)24(36-20)30-21-5-7-28-22(29-21)14-31-8-10-35-16(13-31)6-9-32/h3-5,7,11-12,16,18,24,32,34H,6,8-10,13-14H2,1-2H3,(H2,27,33)(H,28,29,30). The molecule has 0 bridgehead atoms. The van der Waals surface area contributed by atoms with E-state index < -0.39 is 28.6 Å². The maximum Gasteiger partial charge on any atom is 0.227 e. The van der Waals surface area contributed by atoms with Gasteiger partial charge in [-0.15, -0.1) is 0 Å². The normalized spacial score (nSPS) is 22.9. The number of rotatable bonds is 9. The summed E-state index contributed by atoms with van der Waals surface area (Å²) in [5, 5.41) is 22.1. The predicted molar refractivity (Wildman–Crippen MR) is 136 cm³/mol. The van der Waals surface area contributed by atoms with Crippen LogP contribution in [0.25, 0.3) is 4.91 Å². The fourth-order valence-corrected chi connectivity index (χ4v) is 5.57. The largest absolute Gasteiger partial charge is 0.396 e. The summed E-state index contributed by atoms with van der Waals surface area (Å²) in [5.74, 6) is -0.524. The number of hydrogen-bond donors (Lipinski definition) is 4. The Hall–Kier alpha value is -2.57. The zero-order chi connectivity index (χ0) is 25.9. The number of benzene rings is 1. The van der Waals surface area contributed by atoms with Crippen molar-refractivity contribution in [2.45, 2.75) is 43.9 Å². The van der Waals surface area contributed by atoms with E-state index in [2.05, 4.69) is 20.2 Å². The van der Waals surface area contributed by atoms with Gasteiger partial charge in [-0.05, 0) is 38.0 Å². The fraction of sp³-hybridized carbons (Fsp3) is 0.480. The summed E-state index contributed by atoms with van der Waals surface area (Å²) in [6, 6.07) is 6.31. The van der Waals surface area contributed by atoms with Crippen LogP contribution < -0.4 is 11.1 Å². The molecule has 194 valence electrons. The molecular weight excluding hydrogens is 485 g/mol. The molecule has 2 aliphatic rings. The lowest BCUT2D eigenvalue weighted by atomic mass is 9.96. The molecule has 3 unspecified atom stereocenters. The van der Waals surface area contributed by atoms with Crippen LogP contribution >= 0.6 is 11.8 Å². The number of halogens is 1. The van der Waals surface area contributed by atoms with E-state index in [4.69, 9.17) is 10.5 Å². The molecule has 1 saturated heterocycles. The van der Waals surface area contributed by atoms with Crippen LogP contribution in [0.15, 0.2) is 36.5 Å². The summed E-state index contributed by atoms with van der Waals surface area (Å²) < 4.78 is 20.6. The van der Waals surface area contributed by atoms with E-state index in [1.807, 2.05) is 0 Å². The molecule has 2 aromatic rings. The number of primary amides is 1. The van der Waals surface area contributed by atoms with Crippen molar-refractivity contribution in [3.8, 4) is 0 Å². The highest BCUT2D eigenvalue weighted by molar-refractivity contribution is 8.09. The molecule has 3 atom stereocenters. The summed E-state index contributed by atoms with van der Waals surface area (Å²) in [7, 11) is 0. The van der Waals surface area contributed by atoms with Gasteiger partial charge >= 0.3 is 0 Å². The van der Waals surface area contributed by atoms with Gasteiger partial charge in [0.25, 0.3) is 0 Å². The molecule has 2 aliphatic heterocycles. The Balaban J connectivity index is 1.46. The van der Waals surface area contributed by atoms with Crippen LogP contribution in [0.3, 0.4) is 0 Å². The van der Waals surface area contributed by atoms with E-state index in [1.165, 1.54) is 17.8 Å². The number of carbonyl (C=O) groups excluding carboxylic acids is 1. The lowest BCUT2D eigenvalue weighted by molar-refractivity contribution is -0.120. The summed E-state index contributed by atoms with van der Waals surface area (Å²) in [5.41, 5.74) is 5.30. The number of aliphatic hydroxyl groups excluding tert-OH is 1. The van der Waals surface area contributed by atoms with Crippen LogP contribution in [0.4, 0.5) is 10.2 Å². The average Bonchev–Trinajstić information content (AvgIpc) is 3.23. The minimum Gasteiger partial charge on any atom is -0.396 e. The van der Waals surface area contributed by atoms with E-state index in [1.54, 1.807) is 44.3 Å². The van der Waals surface area contributed by atoms with E-state index >= 15 is 0 Å². The molecule has 5 N–H and O–H groups in total. The number of aromatic nitrogens is 2. The van der Waals surface area contributed by atoms with Crippen molar-refractivity contribution < 1.29 is 24.1 Å². The Morgan fingerprint density at radius 2 is 2.19 bits per heavy atom. The highest BCUT2D eigenvalue weighted by atomic mass is 32.2. The van der Waals surface area contributed by atoms with Gasteiger partial charge in [-0.1, -0.05) is 30.0 Å². The van der Waals surface area contributed by atoms with Crippen molar-refractivity contribution in [1.82, 2.24) is 14.9 Å². The Bertz CT molecular complexity index is 1120. The Labute approximate surface area is 214 Å². The second kappa shape index (κ2) is 11.2. The van der Waals surface area contributed by atoms with Crippen molar-refractivity contribution in [3.63, 3.8) is 0 Å². The Morgan fingerprint density at radius 1 is 1.39 bits per heavy atom. The molecule has 1 aromatic heterocycles. The van der Waals surface area contributed by atoms with Crippen LogP contribution in [0.2, 0.25) is 0 Å². The first-order valence-corrected chi connectivity index (χ1v) is 12.8. The molecule has 0 aliphatic carbocycles. The second-order valence-electron chi connectivity index (χ2n) is 9.49. The third kappa shape index (κ3) is 6.40. The SMILES string of the molecule is CC(C)(O)c1ccc(C2=CC(C(N)=O)C(Nc3ccnc(CN4CCOC(CCO)C4)n3)S2)c(F)c1. The Morgan fingerprint density at radius 3 is 2.89 bits per heavy atom. The first-order chi connectivity index (χ1) is 17.1. The van der Waals surface area contributed by atoms with Crippen molar-refractivity contribution in [3.05, 3.63) is 59.3 Å². The number of hydrogen-bond acceptors (Lipinski definition) is 9. The lowest BCUT2D eigenvalue weighted by Gasteiger charge is -2.32. The zero-order valence-electron chi connectivity index (χ0n) is 20.4. The number of aliphatic hydroxyl groups is 2. The van der Waals surface area contributed by atoms with Crippen LogP contribution in [0.1, 0.15) is 37.2 Å². The fourth-order valence-electron chi connectivity index (χ4n) is 4.24. The number of morpholine rings is 1. The quantitative estimate of drug-likeness (QED) is 0.394. The number of thioether (sulfide) groups is 1. The van der Waals surface area contributed by atoms with Crippen molar-refractivity contribution in [2.75, 3.05) is 31.6 Å². The summed E-state index contributed by atoms with van der Waals surface area (Å²) >= 11 is 1.31. The number of anilines is 1. The van der Waals surface area contributed by atoms with E-state index in [9.17, 15) is 19.4 Å². The third-order valence-corrected chi connectivity index (χ3v) is 7.49. The van der Waals surface area contributed by atoms with Gasteiger partial charge in [0.1, 0.15) is 17.5 Å². The van der Waals surface area contributed by atoms with Crippen molar-refractivity contribution in [2.24, 2.45) is 11.7 Å². The van der Waals surface area contributed by atoms with Gasteiger partial charge < -0.3 is 26.0 Å². The van der Waals surface area contributed by atoms with Crippen LogP contribution in [-0.4, -0.2) is 68.8 Å². The number of nitrogens with two attached hydrogens (primary N) is 1. The van der Waals surface area contributed by atoms with Gasteiger partial charge in [0.05, 0.1) is 36.1 Å². The topological polar surface area (TPSA) is 134 Å². The number of nitrogens with zero attached hydrogens (tertiary/aromatic N) is 3. The summed E-state index contributed by atoms with van der Waals surface area (Å²) in [4.78, 5) is 23.9. The molecule has 1 aromatic carbocycles. The highest BCUT2D eigenvalue weighted by Crippen LogP contribution is 2.43. The van der Waals surface area contributed by atoms with E-state index in [-0.39, 0.29) is 12.7 Å². The van der Waals surface area contributed by atoms with Crippen molar-refractivity contribution >= 4 is 28.4 Å². The van der Waals surface area contributed by atoms with Gasteiger partial charge in [-0.2, -0.15) is 0 Å². The van der Waals surface area contributed by atoms with E-state index in [0.29, 0.717) is 53.8 Å². The number of amides is 1. The van der Waals surface area contributed by atoms with Gasteiger partial charge in [-0.25, -0.2) is 14.4 Å². The van der Waals surface area contributed by atoms with E-state index in [0.717, 1.165) is 6.54 Å². The van der Waals surface area contributed by atoms with Crippen LogP contribution in [0, 0.1) is 11.7 Å². The molecular formula is C25H32FN5O4S. The average molecular weight is 518 g/mol. The van der Waals surface area contributed by atoms with Crippen LogP contribution in [0.5, 0.6) is 0 Å². The number of nitrogens with one attached hydrogen (secondary N) is 1. The number of carbonyl (C=O) groups is 1. The van der Waals surface area contributed by atoms with Gasteiger partial charge in [0.2, 0.25) is 5.91 Å². The maximum atomic E-state index is 14.9. The van der Waals surface area contributed by atoms with Gasteiger partial charge in [0.15, 0.2) is 0 Å². The van der Waals surface area contributed by atoms with Gasteiger partial charge in [0, 0.05) is 36.4 Å². The third-order valence-electron chi connectivity index (χ3n) is 6.22. The highest BCUT2D eigenvalue weighted by Gasteiger charge is 2.34. The predicted octanol–water partition coefficient (Wildman–Crippen LogP) is 2.05. The molecule has 9 nitrogen and oxygen atoms in total. The van der Waals surface area contributed by atoms with Gasteiger partial charge in [-0.3, -0.25) is 9.69 Å². The molecule has 0 radical (unpaired) electrons. The van der Waals surface area contributed by atoms with Crippen LogP contribution in [-0.2, 0) is 21.7 Å². The Kier molecular flexibility index (Phi) is 8.26. The monoisotopic (exact) mass is 517 g/mol. The molecule has 1 amide bonds. The smallest absolute Gasteiger partial charge is 0.227 e. The molecule has 4 rings (SSSR count). The maximum absolute atomic E-state index is 14.9. The molecule has 1 fully saturated rings. The minimum absolute atomic E-state index is 0.0151. The molecule has 36 heavy (non-hydrogen) atoms. The first kappa shape index (κ1) is 26.5. The molecule has 0 saturated carbocycles. The molecule has 0 spiro atoms. The molecule has 11 heteroatoms. The summed E-state index contributed by atoms with van der Waals surface area (Å²) in [6.07, 6.45) is 3.89. The first-order valence-electron chi connectivity index (χ1n) is 11.9. The second-order valence-corrected chi connectivity index (χ2v) is 10.7.